The highest BCUT2D eigenvalue weighted by Crippen LogP contribution is 2.31. The predicted molar refractivity (Wildman–Crippen MR) is 117 cm³/mol. The Kier molecular flexibility index (Phi) is 7.13. The van der Waals surface area contributed by atoms with Crippen molar-refractivity contribution in [2.75, 3.05) is 37.8 Å². The maximum absolute atomic E-state index is 12.9. The lowest BCUT2D eigenvalue weighted by Crippen LogP contribution is -2.36. The van der Waals surface area contributed by atoms with Gasteiger partial charge in [0.15, 0.2) is 5.13 Å². The minimum Gasteiger partial charge on any atom is -0.308 e. The Labute approximate surface area is 173 Å². The van der Waals surface area contributed by atoms with Gasteiger partial charge in [0.05, 0.1) is 10.2 Å². The number of likely N-dealkylation sites (N-methyl/N-ethyl adjacent to an activating group) is 1. The average molecular weight is 420 g/mol. The van der Waals surface area contributed by atoms with Crippen LogP contribution < -0.4 is 4.90 Å². The molecule has 0 radical (unpaired) electrons. The molecular formula is C20H22ClN3OS2. The number of hydrogen-bond acceptors (Lipinski definition) is 5. The third kappa shape index (κ3) is 5.69. The van der Waals surface area contributed by atoms with Crippen molar-refractivity contribution in [2.24, 2.45) is 0 Å². The van der Waals surface area contributed by atoms with Gasteiger partial charge in [-0.25, -0.2) is 4.98 Å². The number of thioether (sulfide) groups is 1. The standard InChI is InChI=1S/C20H22ClN3OS2/c1-23(2)11-12-24(19(25)10-13-26-16-6-4-3-5-7-16)20-22-17-9-8-15(21)14-18(17)27-20/h3-9,14H,10-13H2,1-2H3. The first-order valence-electron chi connectivity index (χ1n) is 8.72. The van der Waals surface area contributed by atoms with Crippen molar-refractivity contribution in [1.29, 1.82) is 0 Å². The third-order valence-electron chi connectivity index (χ3n) is 3.97. The lowest BCUT2D eigenvalue weighted by atomic mass is 10.3. The number of nitrogens with zero attached hydrogens (tertiary/aromatic N) is 3. The Bertz CT molecular complexity index is 899. The predicted octanol–water partition coefficient (Wildman–Crippen LogP) is 5.03. The Morgan fingerprint density at radius 1 is 1.15 bits per heavy atom. The minimum atomic E-state index is 0.102. The number of rotatable bonds is 8. The molecule has 0 fully saturated rings. The lowest BCUT2D eigenvalue weighted by Gasteiger charge is -2.22. The number of benzene rings is 2. The number of carbonyl (C=O) groups excluding carboxylic acids is 1. The fraction of sp³-hybridized carbons (Fsp3) is 0.300. The van der Waals surface area contributed by atoms with Crippen molar-refractivity contribution >= 4 is 56.0 Å². The molecule has 0 N–H and O–H groups in total. The van der Waals surface area contributed by atoms with Gasteiger partial charge < -0.3 is 4.90 Å². The molecule has 0 saturated heterocycles. The first-order chi connectivity index (χ1) is 13.0. The Morgan fingerprint density at radius 2 is 1.93 bits per heavy atom. The second kappa shape index (κ2) is 9.55. The maximum Gasteiger partial charge on any atom is 0.229 e. The van der Waals surface area contributed by atoms with Gasteiger partial charge in [-0.15, -0.1) is 11.8 Å². The van der Waals surface area contributed by atoms with Crippen LogP contribution in [0.15, 0.2) is 53.4 Å². The van der Waals surface area contributed by atoms with Crippen LogP contribution in [0.1, 0.15) is 6.42 Å². The van der Waals surface area contributed by atoms with Crippen molar-refractivity contribution in [3.05, 3.63) is 53.6 Å². The zero-order chi connectivity index (χ0) is 19.2. The van der Waals surface area contributed by atoms with Crippen LogP contribution in [-0.4, -0.2) is 48.7 Å². The van der Waals surface area contributed by atoms with Gasteiger partial charge in [0, 0.05) is 35.2 Å². The van der Waals surface area contributed by atoms with E-state index in [1.807, 2.05) is 55.4 Å². The number of amides is 1. The summed E-state index contributed by atoms with van der Waals surface area (Å²) in [5, 5.41) is 1.42. The summed E-state index contributed by atoms with van der Waals surface area (Å²) in [4.78, 5) is 22.6. The van der Waals surface area contributed by atoms with Crippen LogP contribution in [0.3, 0.4) is 0 Å². The van der Waals surface area contributed by atoms with E-state index < -0.39 is 0 Å². The van der Waals surface area contributed by atoms with Gasteiger partial charge in [-0.05, 0) is 44.4 Å². The van der Waals surface area contributed by atoms with Crippen LogP contribution >= 0.6 is 34.7 Å². The van der Waals surface area contributed by atoms with Gasteiger partial charge in [-0.2, -0.15) is 0 Å². The summed E-state index contributed by atoms with van der Waals surface area (Å²) in [5.41, 5.74) is 0.876. The number of halogens is 1. The minimum absolute atomic E-state index is 0.102. The molecule has 4 nitrogen and oxygen atoms in total. The van der Waals surface area contributed by atoms with Crippen LogP contribution in [0.4, 0.5) is 5.13 Å². The first kappa shape index (κ1) is 20.1. The van der Waals surface area contributed by atoms with Crippen molar-refractivity contribution in [3.63, 3.8) is 0 Å². The van der Waals surface area contributed by atoms with Gasteiger partial charge in [0.25, 0.3) is 0 Å². The fourth-order valence-corrected chi connectivity index (χ4v) is 4.68. The van der Waals surface area contributed by atoms with Crippen LogP contribution in [0, 0.1) is 0 Å². The number of fused-ring (bicyclic) bond motifs is 1. The van der Waals surface area contributed by atoms with E-state index in [1.54, 1.807) is 11.8 Å². The van der Waals surface area contributed by atoms with Gasteiger partial charge in [-0.1, -0.05) is 41.1 Å². The van der Waals surface area contributed by atoms with Gasteiger partial charge >= 0.3 is 0 Å². The smallest absolute Gasteiger partial charge is 0.229 e. The Balaban J connectivity index is 1.71. The molecule has 0 aliphatic heterocycles. The molecule has 0 saturated carbocycles. The molecule has 27 heavy (non-hydrogen) atoms. The van der Waals surface area contributed by atoms with Crippen LogP contribution in [0.5, 0.6) is 0 Å². The fourth-order valence-electron chi connectivity index (χ4n) is 2.54. The van der Waals surface area contributed by atoms with E-state index in [2.05, 4.69) is 22.0 Å². The van der Waals surface area contributed by atoms with Crippen molar-refractivity contribution < 1.29 is 4.79 Å². The largest absolute Gasteiger partial charge is 0.308 e. The molecule has 142 valence electrons. The zero-order valence-electron chi connectivity index (χ0n) is 15.4. The van der Waals surface area contributed by atoms with Gasteiger partial charge in [0.1, 0.15) is 0 Å². The summed E-state index contributed by atoms with van der Waals surface area (Å²) < 4.78 is 0.999. The molecular weight excluding hydrogens is 398 g/mol. The van der Waals surface area contributed by atoms with Crippen molar-refractivity contribution in [1.82, 2.24) is 9.88 Å². The van der Waals surface area contributed by atoms with Crippen molar-refractivity contribution in [3.8, 4) is 0 Å². The van der Waals surface area contributed by atoms with Gasteiger partial charge in [-0.3, -0.25) is 9.69 Å². The molecule has 2 aromatic carbocycles. The molecule has 1 aromatic heterocycles. The Hall–Kier alpha value is -1.60. The highest BCUT2D eigenvalue weighted by atomic mass is 35.5. The summed E-state index contributed by atoms with van der Waals surface area (Å²) in [6, 6.07) is 15.8. The Morgan fingerprint density at radius 3 is 2.67 bits per heavy atom. The molecule has 0 unspecified atom stereocenters. The van der Waals surface area contributed by atoms with Crippen molar-refractivity contribution in [2.45, 2.75) is 11.3 Å². The molecule has 3 rings (SSSR count). The van der Waals surface area contributed by atoms with Crippen LogP contribution in [0.2, 0.25) is 5.02 Å². The summed E-state index contributed by atoms with van der Waals surface area (Å²) in [6.45, 7) is 1.41. The van der Waals surface area contributed by atoms with E-state index in [0.29, 0.717) is 18.0 Å². The van der Waals surface area contributed by atoms with E-state index in [0.717, 1.165) is 27.6 Å². The first-order valence-corrected chi connectivity index (χ1v) is 10.9. The highest BCUT2D eigenvalue weighted by molar-refractivity contribution is 7.99. The van der Waals surface area contributed by atoms with E-state index in [-0.39, 0.29) is 5.91 Å². The maximum atomic E-state index is 12.9. The number of carbonyl (C=O) groups is 1. The molecule has 3 aromatic rings. The SMILES string of the molecule is CN(C)CCN(C(=O)CCSc1ccccc1)c1nc2ccc(Cl)cc2s1. The van der Waals surface area contributed by atoms with E-state index in [1.165, 1.54) is 16.2 Å². The average Bonchev–Trinajstić information content (AvgIpc) is 3.05. The molecule has 0 atom stereocenters. The monoisotopic (exact) mass is 419 g/mol. The third-order valence-corrected chi connectivity index (χ3v) is 6.26. The van der Waals surface area contributed by atoms with E-state index in [9.17, 15) is 4.79 Å². The summed E-state index contributed by atoms with van der Waals surface area (Å²) in [7, 11) is 4.01. The topological polar surface area (TPSA) is 36.4 Å². The number of anilines is 1. The molecule has 1 amide bonds. The second-order valence-corrected chi connectivity index (χ2v) is 8.98. The van der Waals surface area contributed by atoms with Gasteiger partial charge in [0.2, 0.25) is 5.91 Å². The summed E-state index contributed by atoms with van der Waals surface area (Å²) in [5.74, 6) is 0.850. The van der Waals surface area contributed by atoms with Crippen LogP contribution in [-0.2, 0) is 4.79 Å². The highest BCUT2D eigenvalue weighted by Gasteiger charge is 2.19. The van der Waals surface area contributed by atoms with Crippen LogP contribution in [0.25, 0.3) is 10.2 Å². The molecule has 0 spiro atoms. The molecule has 7 heteroatoms. The molecule has 1 heterocycles. The number of hydrogen-bond donors (Lipinski definition) is 0. The summed E-state index contributed by atoms with van der Waals surface area (Å²) >= 11 is 9.30. The number of aromatic nitrogens is 1. The summed E-state index contributed by atoms with van der Waals surface area (Å²) in [6.07, 6.45) is 0.476. The second-order valence-electron chi connectivity index (χ2n) is 6.37. The zero-order valence-corrected chi connectivity index (χ0v) is 17.8. The lowest BCUT2D eigenvalue weighted by molar-refractivity contribution is -0.118. The van der Waals surface area contributed by atoms with E-state index in [4.69, 9.17) is 11.6 Å². The molecule has 0 bridgehead atoms. The number of thiazole rings is 1. The van der Waals surface area contributed by atoms with E-state index >= 15 is 0 Å². The molecule has 0 aliphatic carbocycles. The normalized spacial score (nSPS) is 11.3. The quantitative estimate of drug-likeness (QED) is 0.480. The molecule has 0 aliphatic rings.